The molecule has 2 nitrogen and oxygen atoms in total. The van der Waals surface area contributed by atoms with Crippen LogP contribution in [0.15, 0.2) is 53.1 Å². The number of hydrogen-bond acceptors (Lipinski definition) is 2. The molecule has 0 aliphatic heterocycles. The Morgan fingerprint density at radius 2 is 1.76 bits per heavy atom. The van der Waals surface area contributed by atoms with Gasteiger partial charge in [0.05, 0.1) is 13.8 Å². The fourth-order valence-electron chi connectivity index (χ4n) is 4.07. The van der Waals surface area contributed by atoms with Crippen LogP contribution in [0.2, 0.25) is 19.6 Å². The highest BCUT2D eigenvalue weighted by Crippen LogP contribution is 2.37. The van der Waals surface area contributed by atoms with Gasteiger partial charge in [-0.3, -0.25) is 4.98 Å². The Balaban J connectivity index is 2.01. The Morgan fingerprint density at radius 1 is 1.03 bits per heavy atom. The molecular weight excluding hydrogens is 370 g/mol. The van der Waals surface area contributed by atoms with Gasteiger partial charge in [-0.05, 0) is 47.2 Å². The van der Waals surface area contributed by atoms with Gasteiger partial charge in [-0.2, -0.15) is 0 Å². The molecule has 0 bridgehead atoms. The van der Waals surface area contributed by atoms with Crippen molar-refractivity contribution in [2.75, 3.05) is 0 Å². The zero-order valence-electron chi connectivity index (χ0n) is 18.7. The molecule has 0 aliphatic rings. The molecule has 0 spiro atoms. The third-order valence-corrected chi connectivity index (χ3v) is 8.37. The first kappa shape index (κ1) is 19.9. The van der Waals surface area contributed by atoms with Crippen molar-refractivity contribution in [2.24, 2.45) is 0 Å². The molecule has 0 saturated carbocycles. The Labute approximate surface area is 175 Å². The van der Waals surface area contributed by atoms with Crippen molar-refractivity contribution in [3.63, 3.8) is 0 Å². The standard InChI is InChI=1S/C26H31NOSi/c1-8-26(3,4)18-15-17(2)24(27-16-18)20-13-14-22(29(5,6)7)23-19-11-9-10-12-21(19)28-25(20)23/h9-16H,8H2,1-7H3. The van der Waals surface area contributed by atoms with Crippen molar-refractivity contribution in [3.05, 3.63) is 59.8 Å². The quantitative estimate of drug-likeness (QED) is 0.338. The number of para-hydroxylation sites is 1. The summed E-state index contributed by atoms with van der Waals surface area (Å²) in [6, 6.07) is 15.2. The van der Waals surface area contributed by atoms with E-state index in [0.717, 1.165) is 28.8 Å². The third kappa shape index (κ3) is 3.32. The van der Waals surface area contributed by atoms with Crippen LogP contribution >= 0.6 is 0 Å². The predicted molar refractivity (Wildman–Crippen MR) is 128 cm³/mol. The number of furan rings is 1. The Kier molecular flexibility index (Phi) is 4.70. The zero-order valence-corrected chi connectivity index (χ0v) is 19.7. The Hall–Kier alpha value is -2.39. The van der Waals surface area contributed by atoms with Gasteiger partial charge in [-0.15, -0.1) is 0 Å². The average Bonchev–Trinajstić information content (AvgIpc) is 3.06. The minimum Gasteiger partial charge on any atom is -0.455 e. The number of hydrogen-bond donors (Lipinski definition) is 0. The average molecular weight is 402 g/mol. The summed E-state index contributed by atoms with van der Waals surface area (Å²) < 4.78 is 6.43. The molecule has 0 atom stereocenters. The first-order valence-electron chi connectivity index (χ1n) is 10.6. The molecule has 3 heteroatoms. The fraction of sp³-hybridized carbons (Fsp3) is 0.346. The number of pyridine rings is 1. The van der Waals surface area contributed by atoms with E-state index in [2.05, 4.69) is 83.7 Å². The van der Waals surface area contributed by atoms with Crippen molar-refractivity contribution in [2.45, 2.75) is 59.2 Å². The van der Waals surface area contributed by atoms with Crippen LogP contribution in [-0.2, 0) is 5.41 Å². The maximum absolute atomic E-state index is 6.43. The number of aromatic nitrogens is 1. The van der Waals surface area contributed by atoms with E-state index in [4.69, 9.17) is 9.40 Å². The lowest BCUT2D eigenvalue weighted by Crippen LogP contribution is -2.37. The molecule has 2 aromatic heterocycles. The minimum atomic E-state index is -1.54. The van der Waals surface area contributed by atoms with E-state index >= 15 is 0 Å². The van der Waals surface area contributed by atoms with Gasteiger partial charge in [0, 0.05) is 22.5 Å². The van der Waals surface area contributed by atoms with Gasteiger partial charge in [-0.25, -0.2) is 0 Å². The van der Waals surface area contributed by atoms with Crippen molar-refractivity contribution in [3.8, 4) is 11.3 Å². The lowest BCUT2D eigenvalue weighted by atomic mass is 9.82. The van der Waals surface area contributed by atoms with Crippen LogP contribution in [-0.4, -0.2) is 13.1 Å². The van der Waals surface area contributed by atoms with Crippen LogP contribution in [0.3, 0.4) is 0 Å². The zero-order chi connectivity index (χ0) is 21.0. The number of fused-ring (bicyclic) bond motifs is 3. The van der Waals surface area contributed by atoms with Crippen molar-refractivity contribution < 1.29 is 4.42 Å². The lowest BCUT2D eigenvalue weighted by molar-refractivity contribution is 0.504. The van der Waals surface area contributed by atoms with Crippen LogP contribution < -0.4 is 5.19 Å². The van der Waals surface area contributed by atoms with Crippen LogP contribution in [0.5, 0.6) is 0 Å². The molecule has 2 heterocycles. The summed E-state index contributed by atoms with van der Waals surface area (Å²) in [5, 5.41) is 3.93. The molecule has 0 aliphatic carbocycles. The number of benzene rings is 2. The molecule has 0 amide bonds. The third-order valence-electron chi connectivity index (χ3n) is 6.33. The molecule has 150 valence electrons. The van der Waals surface area contributed by atoms with Gasteiger partial charge in [-0.1, -0.05) is 70.7 Å². The maximum atomic E-state index is 6.43. The minimum absolute atomic E-state index is 0.132. The van der Waals surface area contributed by atoms with E-state index in [1.807, 2.05) is 12.3 Å². The topological polar surface area (TPSA) is 26.0 Å². The summed E-state index contributed by atoms with van der Waals surface area (Å²) in [5.41, 5.74) is 6.67. The SMILES string of the molecule is CCC(C)(C)c1cnc(-c2ccc([Si](C)(C)C)c3c2oc2ccccc23)c(C)c1. The van der Waals surface area contributed by atoms with Crippen molar-refractivity contribution >= 4 is 35.2 Å². The molecule has 0 N–H and O–H groups in total. The molecule has 0 saturated heterocycles. The Bertz CT molecular complexity index is 1210. The normalized spacial score (nSPS) is 12.8. The smallest absolute Gasteiger partial charge is 0.144 e. The maximum Gasteiger partial charge on any atom is 0.144 e. The number of rotatable bonds is 4. The van der Waals surface area contributed by atoms with E-state index in [0.29, 0.717) is 0 Å². The first-order valence-corrected chi connectivity index (χ1v) is 14.1. The van der Waals surface area contributed by atoms with Gasteiger partial charge in [0.2, 0.25) is 0 Å². The van der Waals surface area contributed by atoms with Crippen LogP contribution in [0.25, 0.3) is 33.2 Å². The van der Waals surface area contributed by atoms with E-state index < -0.39 is 8.07 Å². The molecule has 4 rings (SSSR count). The van der Waals surface area contributed by atoms with E-state index in [1.165, 1.54) is 27.1 Å². The lowest BCUT2D eigenvalue weighted by Gasteiger charge is -2.24. The van der Waals surface area contributed by atoms with Gasteiger partial charge in [0.25, 0.3) is 0 Å². The molecule has 0 fully saturated rings. The summed E-state index contributed by atoms with van der Waals surface area (Å²) in [7, 11) is -1.54. The van der Waals surface area contributed by atoms with Crippen LogP contribution in [0.1, 0.15) is 38.3 Å². The monoisotopic (exact) mass is 401 g/mol. The summed E-state index contributed by atoms with van der Waals surface area (Å²) in [6.45, 7) is 16.2. The van der Waals surface area contributed by atoms with Gasteiger partial charge < -0.3 is 4.42 Å². The van der Waals surface area contributed by atoms with Gasteiger partial charge in [0.15, 0.2) is 0 Å². The second-order valence-corrected chi connectivity index (χ2v) is 14.9. The van der Waals surface area contributed by atoms with Crippen LogP contribution in [0.4, 0.5) is 0 Å². The van der Waals surface area contributed by atoms with Gasteiger partial charge >= 0.3 is 0 Å². The Morgan fingerprint density at radius 3 is 2.41 bits per heavy atom. The second kappa shape index (κ2) is 6.84. The molecule has 4 aromatic rings. The highest BCUT2D eigenvalue weighted by atomic mass is 28.3. The van der Waals surface area contributed by atoms with Crippen molar-refractivity contribution in [1.29, 1.82) is 0 Å². The molecule has 2 aromatic carbocycles. The first-order chi connectivity index (χ1) is 13.6. The van der Waals surface area contributed by atoms with E-state index in [-0.39, 0.29) is 5.41 Å². The summed E-state index contributed by atoms with van der Waals surface area (Å²) in [4.78, 5) is 4.93. The summed E-state index contributed by atoms with van der Waals surface area (Å²) in [6.07, 6.45) is 3.14. The number of nitrogens with zero attached hydrogens (tertiary/aromatic N) is 1. The van der Waals surface area contributed by atoms with Gasteiger partial charge in [0.1, 0.15) is 11.2 Å². The highest BCUT2D eigenvalue weighted by Gasteiger charge is 2.26. The summed E-state index contributed by atoms with van der Waals surface area (Å²) >= 11 is 0. The number of aryl methyl sites for hydroxylation is 1. The molecule has 0 radical (unpaired) electrons. The van der Waals surface area contributed by atoms with E-state index in [1.54, 1.807) is 0 Å². The molecular formula is C26H31NOSi. The predicted octanol–water partition coefficient (Wildman–Crippen LogP) is 7.19. The molecule has 29 heavy (non-hydrogen) atoms. The van der Waals surface area contributed by atoms with Crippen molar-refractivity contribution in [1.82, 2.24) is 4.98 Å². The summed E-state index contributed by atoms with van der Waals surface area (Å²) in [5.74, 6) is 0. The second-order valence-electron chi connectivity index (χ2n) is 9.84. The highest BCUT2D eigenvalue weighted by molar-refractivity contribution is 6.90. The van der Waals surface area contributed by atoms with E-state index in [9.17, 15) is 0 Å². The van der Waals surface area contributed by atoms with Crippen LogP contribution in [0, 0.1) is 6.92 Å². The molecule has 0 unspecified atom stereocenters. The fourth-order valence-corrected chi connectivity index (χ4v) is 5.65. The largest absolute Gasteiger partial charge is 0.455 e.